The van der Waals surface area contributed by atoms with Gasteiger partial charge in [0.1, 0.15) is 0 Å². The zero-order chi connectivity index (χ0) is 17.6. The average Bonchev–Trinajstić information content (AvgIpc) is 2.39. The minimum atomic E-state index is -1.08. The molecule has 0 aliphatic carbocycles. The first-order chi connectivity index (χ1) is 10.3. The Morgan fingerprint density at radius 3 is 1.27 bits per heavy atom. The van der Waals surface area contributed by atoms with E-state index in [-0.39, 0.29) is 6.42 Å². The summed E-state index contributed by atoms with van der Waals surface area (Å²) in [6.45, 7) is 16.1. The van der Waals surface area contributed by atoms with Gasteiger partial charge in [-0.1, -0.05) is 34.6 Å². The molecule has 132 valence electrons. The van der Waals surface area contributed by atoms with Crippen LogP contribution >= 0.6 is 0 Å². The maximum Gasteiger partial charge on any atom is 0.306 e. The van der Waals surface area contributed by atoms with Gasteiger partial charge in [-0.25, -0.2) is 0 Å². The molecule has 0 amide bonds. The molecule has 0 radical (unpaired) electrons. The van der Waals surface area contributed by atoms with Gasteiger partial charge < -0.3 is 14.7 Å². The Bertz CT molecular complexity index is 276. The molecule has 1 atom stereocenters. The van der Waals surface area contributed by atoms with Gasteiger partial charge in [0.2, 0.25) is 0 Å². The lowest BCUT2D eigenvalue weighted by Gasteiger charge is -2.38. The van der Waals surface area contributed by atoms with E-state index in [1.54, 1.807) is 0 Å². The van der Waals surface area contributed by atoms with Crippen molar-refractivity contribution < 1.29 is 24.3 Å². The fraction of sp³-hybridized carbons (Fsp3) is 0.882. The molecule has 0 aliphatic rings. The molecule has 5 nitrogen and oxygen atoms in total. The van der Waals surface area contributed by atoms with Crippen LogP contribution in [0.15, 0.2) is 0 Å². The highest BCUT2D eigenvalue weighted by Gasteiger charge is 2.22. The van der Waals surface area contributed by atoms with Crippen LogP contribution in [0.4, 0.5) is 0 Å². The molecule has 5 heteroatoms. The van der Waals surface area contributed by atoms with Gasteiger partial charge in [0.25, 0.3) is 0 Å². The molecule has 0 spiro atoms. The Hall–Kier alpha value is -1.10. The second kappa shape index (κ2) is 13.6. The standard InChI is InChI=1S/C12H28N.C5H8O4/c1-5-9-13(10-6-2,11-7-3)12-8-4;1-3(5(8)9)2-4(6)7/h5-12H2,1-4H3;3H,2H2,1H3,(H,6,7)(H,8,9)/q+1;. The third-order valence-corrected chi connectivity index (χ3v) is 3.69. The molecule has 0 heterocycles. The van der Waals surface area contributed by atoms with Crippen molar-refractivity contribution in [3.63, 3.8) is 0 Å². The van der Waals surface area contributed by atoms with Crippen LogP contribution in [0.25, 0.3) is 0 Å². The second-order valence-corrected chi connectivity index (χ2v) is 6.07. The first kappa shape index (κ1) is 23.2. The van der Waals surface area contributed by atoms with Crippen molar-refractivity contribution >= 4 is 11.9 Å². The van der Waals surface area contributed by atoms with E-state index < -0.39 is 17.9 Å². The summed E-state index contributed by atoms with van der Waals surface area (Å²) in [7, 11) is 0. The highest BCUT2D eigenvalue weighted by molar-refractivity contribution is 5.77. The summed E-state index contributed by atoms with van der Waals surface area (Å²) in [5, 5.41) is 16.2. The Morgan fingerprint density at radius 1 is 0.818 bits per heavy atom. The molecule has 1 unspecified atom stereocenters. The smallest absolute Gasteiger partial charge is 0.306 e. The van der Waals surface area contributed by atoms with Crippen LogP contribution in [0.5, 0.6) is 0 Å². The molecule has 0 bridgehead atoms. The van der Waals surface area contributed by atoms with Crippen LogP contribution in [0.1, 0.15) is 66.7 Å². The molecular weight excluding hydrogens is 282 g/mol. The summed E-state index contributed by atoms with van der Waals surface area (Å²) in [6, 6.07) is 0. The predicted octanol–water partition coefficient (Wildman–Crippen LogP) is 3.63. The highest BCUT2D eigenvalue weighted by Crippen LogP contribution is 2.12. The zero-order valence-electron chi connectivity index (χ0n) is 15.1. The van der Waals surface area contributed by atoms with Crippen LogP contribution in [-0.2, 0) is 9.59 Å². The number of hydrogen-bond acceptors (Lipinski definition) is 2. The molecule has 0 aromatic carbocycles. The Labute approximate surface area is 135 Å². The van der Waals surface area contributed by atoms with Crippen molar-refractivity contribution in [1.29, 1.82) is 0 Å². The number of hydrogen-bond donors (Lipinski definition) is 2. The van der Waals surface area contributed by atoms with Crippen LogP contribution in [-0.4, -0.2) is 52.8 Å². The van der Waals surface area contributed by atoms with Gasteiger partial charge >= 0.3 is 11.9 Å². The summed E-state index contributed by atoms with van der Waals surface area (Å²) in [4.78, 5) is 19.8. The van der Waals surface area contributed by atoms with E-state index in [0.29, 0.717) is 0 Å². The molecule has 0 aromatic heterocycles. The van der Waals surface area contributed by atoms with Crippen molar-refractivity contribution in [3.8, 4) is 0 Å². The summed E-state index contributed by atoms with van der Waals surface area (Å²) < 4.78 is 1.38. The zero-order valence-corrected chi connectivity index (χ0v) is 15.1. The van der Waals surface area contributed by atoms with Gasteiger partial charge in [0, 0.05) is 0 Å². The molecule has 0 aromatic rings. The fourth-order valence-electron chi connectivity index (χ4n) is 2.92. The Morgan fingerprint density at radius 2 is 1.14 bits per heavy atom. The molecular formula is C17H36NO4+. The van der Waals surface area contributed by atoms with Gasteiger partial charge in [-0.15, -0.1) is 0 Å². The topological polar surface area (TPSA) is 74.6 Å². The first-order valence-corrected chi connectivity index (χ1v) is 8.58. The van der Waals surface area contributed by atoms with Gasteiger partial charge in [-0.05, 0) is 25.7 Å². The Balaban J connectivity index is 0. The first-order valence-electron chi connectivity index (χ1n) is 8.58. The predicted molar refractivity (Wildman–Crippen MR) is 89.9 cm³/mol. The van der Waals surface area contributed by atoms with Crippen molar-refractivity contribution in [2.75, 3.05) is 26.2 Å². The maximum atomic E-state index is 9.97. The van der Waals surface area contributed by atoms with E-state index in [4.69, 9.17) is 10.2 Å². The van der Waals surface area contributed by atoms with Crippen molar-refractivity contribution in [1.82, 2.24) is 0 Å². The number of carboxylic acid groups (broad SMARTS) is 2. The molecule has 0 saturated heterocycles. The minimum absolute atomic E-state index is 0.310. The van der Waals surface area contributed by atoms with Crippen LogP contribution in [0, 0.1) is 5.92 Å². The van der Waals surface area contributed by atoms with Crippen LogP contribution in [0.3, 0.4) is 0 Å². The Kier molecular flexibility index (Phi) is 14.3. The second-order valence-electron chi connectivity index (χ2n) is 6.07. The summed E-state index contributed by atoms with van der Waals surface area (Å²) in [5.74, 6) is -2.94. The average molecular weight is 318 g/mol. The normalized spacial score (nSPS) is 12.2. The van der Waals surface area contributed by atoms with E-state index in [1.807, 2.05) is 0 Å². The fourth-order valence-corrected chi connectivity index (χ4v) is 2.92. The van der Waals surface area contributed by atoms with Gasteiger partial charge in [-0.2, -0.15) is 0 Å². The van der Waals surface area contributed by atoms with Crippen molar-refractivity contribution in [2.24, 2.45) is 5.92 Å². The number of aliphatic carboxylic acids is 2. The quantitative estimate of drug-likeness (QED) is 0.571. The number of carbonyl (C=O) groups is 2. The summed E-state index contributed by atoms with van der Waals surface area (Å²) in [5.41, 5.74) is 0. The summed E-state index contributed by atoms with van der Waals surface area (Å²) >= 11 is 0. The molecule has 2 N–H and O–H groups in total. The maximum absolute atomic E-state index is 9.97. The van der Waals surface area contributed by atoms with Crippen LogP contribution < -0.4 is 0 Å². The molecule has 0 aliphatic heterocycles. The number of quaternary nitrogens is 1. The number of rotatable bonds is 11. The minimum Gasteiger partial charge on any atom is -0.481 e. The van der Waals surface area contributed by atoms with Crippen LogP contribution in [0.2, 0.25) is 0 Å². The molecule has 0 saturated carbocycles. The monoisotopic (exact) mass is 318 g/mol. The van der Waals surface area contributed by atoms with E-state index in [2.05, 4.69) is 27.7 Å². The van der Waals surface area contributed by atoms with Gasteiger partial charge in [0.05, 0.1) is 38.5 Å². The number of carboxylic acids is 2. The number of nitrogens with zero attached hydrogens (tertiary/aromatic N) is 1. The summed E-state index contributed by atoms with van der Waals surface area (Å²) in [6.07, 6.45) is 5.02. The van der Waals surface area contributed by atoms with E-state index >= 15 is 0 Å². The largest absolute Gasteiger partial charge is 0.481 e. The van der Waals surface area contributed by atoms with Crippen molar-refractivity contribution in [3.05, 3.63) is 0 Å². The molecule has 0 rings (SSSR count). The van der Waals surface area contributed by atoms with Gasteiger partial charge in [0.15, 0.2) is 0 Å². The van der Waals surface area contributed by atoms with E-state index in [1.165, 1.54) is 63.3 Å². The SMILES string of the molecule is CC(CC(=O)O)C(=O)O.CCC[N+](CCC)(CCC)CCC. The molecule has 22 heavy (non-hydrogen) atoms. The highest BCUT2D eigenvalue weighted by atomic mass is 16.4. The lowest BCUT2D eigenvalue weighted by atomic mass is 10.1. The van der Waals surface area contributed by atoms with Gasteiger partial charge in [-0.3, -0.25) is 9.59 Å². The van der Waals surface area contributed by atoms with E-state index in [9.17, 15) is 9.59 Å². The lowest BCUT2D eigenvalue weighted by molar-refractivity contribution is -0.928. The van der Waals surface area contributed by atoms with E-state index in [0.717, 1.165) is 0 Å². The lowest BCUT2D eigenvalue weighted by Crippen LogP contribution is -2.50. The third kappa shape index (κ3) is 11.5. The van der Waals surface area contributed by atoms with Crippen molar-refractivity contribution in [2.45, 2.75) is 66.7 Å². The third-order valence-electron chi connectivity index (χ3n) is 3.69. The molecule has 0 fully saturated rings.